The Labute approximate surface area is 154 Å². The predicted octanol–water partition coefficient (Wildman–Crippen LogP) is 4.16. The SMILES string of the molecule is C=CCOc1ccc(C(=O)Oc2ccc(OC(=O)CCBr)cc2)cc1. The van der Waals surface area contributed by atoms with Crippen molar-refractivity contribution < 1.29 is 23.8 Å². The number of hydrogen-bond donors (Lipinski definition) is 0. The lowest BCUT2D eigenvalue weighted by Crippen LogP contribution is -2.09. The lowest BCUT2D eigenvalue weighted by molar-refractivity contribution is -0.133. The monoisotopic (exact) mass is 404 g/mol. The molecule has 0 radical (unpaired) electrons. The number of carbonyl (C=O) groups excluding carboxylic acids is 2. The molecular weight excluding hydrogens is 388 g/mol. The van der Waals surface area contributed by atoms with Gasteiger partial charge in [-0.1, -0.05) is 28.6 Å². The first-order valence-electron chi connectivity index (χ1n) is 7.55. The minimum absolute atomic E-state index is 0.281. The molecule has 0 spiro atoms. The Balaban J connectivity index is 1.93. The highest BCUT2D eigenvalue weighted by molar-refractivity contribution is 9.09. The van der Waals surface area contributed by atoms with E-state index >= 15 is 0 Å². The van der Waals surface area contributed by atoms with E-state index in [-0.39, 0.29) is 12.4 Å². The van der Waals surface area contributed by atoms with Crippen LogP contribution < -0.4 is 14.2 Å². The molecule has 2 rings (SSSR count). The molecule has 0 unspecified atom stereocenters. The fourth-order valence-corrected chi connectivity index (χ4v) is 2.17. The lowest BCUT2D eigenvalue weighted by atomic mass is 10.2. The molecule has 0 aliphatic heterocycles. The molecule has 0 amide bonds. The molecule has 0 fully saturated rings. The molecule has 2 aromatic rings. The van der Waals surface area contributed by atoms with E-state index in [0.29, 0.717) is 34.7 Å². The minimum Gasteiger partial charge on any atom is -0.490 e. The molecule has 0 N–H and O–H groups in total. The van der Waals surface area contributed by atoms with Gasteiger partial charge >= 0.3 is 11.9 Å². The Morgan fingerprint density at radius 3 is 2.04 bits per heavy atom. The summed E-state index contributed by atoms with van der Waals surface area (Å²) in [6.45, 7) is 3.97. The van der Waals surface area contributed by atoms with Crippen LogP contribution in [0.3, 0.4) is 0 Å². The normalized spacial score (nSPS) is 9.96. The van der Waals surface area contributed by atoms with Crippen molar-refractivity contribution in [1.82, 2.24) is 0 Å². The van der Waals surface area contributed by atoms with Crippen LogP contribution in [-0.4, -0.2) is 23.9 Å². The fraction of sp³-hybridized carbons (Fsp3) is 0.158. The standard InChI is InChI=1S/C19H17BrO5/c1-2-13-23-15-5-3-14(4-6-15)19(22)25-17-9-7-16(8-10-17)24-18(21)11-12-20/h2-10H,1,11-13H2. The maximum Gasteiger partial charge on any atom is 0.343 e. The van der Waals surface area contributed by atoms with Gasteiger partial charge < -0.3 is 14.2 Å². The predicted molar refractivity (Wildman–Crippen MR) is 97.6 cm³/mol. The molecule has 0 aliphatic carbocycles. The zero-order valence-electron chi connectivity index (χ0n) is 13.4. The highest BCUT2D eigenvalue weighted by Gasteiger charge is 2.10. The molecule has 0 bridgehead atoms. The summed E-state index contributed by atoms with van der Waals surface area (Å²) in [5, 5.41) is 0.541. The van der Waals surface area contributed by atoms with Gasteiger partial charge in [-0.3, -0.25) is 4.79 Å². The summed E-state index contributed by atoms with van der Waals surface area (Å²) in [7, 11) is 0. The van der Waals surface area contributed by atoms with E-state index in [1.54, 1.807) is 54.6 Å². The summed E-state index contributed by atoms with van der Waals surface area (Å²) in [5.41, 5.74) is 0.402. The average Bonchev–Trinajstić information content (AvgIpc) is 2.62. The second kappa shape index (κ2) is 9.64. The molecule has 0 saturated carbocycles. The topological polar surface area (TPSA) is 61.8 Å². The van der Waals surface area contributed by atoms with Gasteiger partial charge in [0.05, 0.1) is 12.0 Å². The third kappa shape index (κ3) is 6.08. The van der Waals surface area contributed by atoms with Gasteiger partial charge in [0, 0.05) is 5.33 Å². The summed E-state index contributed by atoms with van der Waals surface area (Å²) in [6, 6.07) is 12.9. The molecule has 130 valence electrons. The number of halogens is 1. The van der Waals surface area contributed by atoms with Gasteiger partial charge in [0.25, 0.3) is 0 Å². The maximum absolute atomic E-state index is 12.1. The van der Waals surface area contributed by atoms with Gasteiger partial charge in [0.2, 0.25) is 0 Å². The molecule has 0 aromatic heterocycles. The van der Waals surface area contributed by atoms with E-state index < -0.39 is 5.97 Å². The summed E-state index contributed by atoms with van der Waals surface area (Å²) >= 11 is 3.17. The Morgan fingerprint density at radius 2 is 1.48 bits per heavy atom. The molecule has 0 saturated heterocycles. The van der Waals surface area contributed by atoms with Gasteiger partial charge in [-0.05, 0) is 48.5 Å². The zero-order valence-corrected chi connectivity index (χ0v) is 15.0. The summed E-state index contributed by atoms with van der Waals surface area (Å²) in [4.78, 5) is 23.5. The van der Waals surface area contributed by atoms with Gasteiger partial charge in [-0.15, -0.1) is 0 Å². The highest BCUT2D eigenvalue weighted by Crippen LogP contribution is 2.20. The van der Waals surface area contributed by atoms with Crippen LogP contribution in [0.15, 0.2) is 61.2 Å². The van der Waals surface area contributed by atoms with Crippen LogP contribution in [0.5, 0.6) is 17.2 Å². The van der Waals surface area contributed by atoms with Gasteiger partial charge in [0.1, 0.15) is 23.9 Å². The second-order valence-electron chi connectivity index (χ2n) is 4.90. The summed E-state index contributed by atoms with van der Waals surface area (Å²) < 4.78 is 15.8. The van der Waals surface area contributed by atoms with Gasteiger partial charge in [-0.25, -0.2) is 4.79 Å². The van der Waals surface area contributed by atoms with E-state index in [1.165, 1.54) is 0 Å². The van der Waals surface area contributed by atoms with E-state index in [2.05, 4.69) is 22.5 Å². The summed E-state index contributed by atoms with van der Waals surface area (Å²) in [5.74, 6) is 0.581. The molecule has 6 heteroatoms. The van der Waals surface area contributed by atoms with Crippen molar-refractivity contribution in [2.45, 2.75) is 6.42 Å². The quantitative estimate of drug-likeness (QED) is 0.286. The number of ether oxygens (including phenoxy) is 3. The first-order valence-corrected chi connectivity index (χ1v) is 8.67. The van der Waals surface area contributed by atoms with E-state index in [0.717, 1.165) is 0 Å². The Hall–Kier alpha value is -2.60. The number of esters is 2. The van der Waals surface area contributed by atoms with Gasteiger partial charge in [0.15, 0.2) is 0 Å². The first-order chi connectivity index (χ1) is 12.1. The molecular formula is C19H17BrO5. The Morgan fingerprint density at radius 1 is 0.920 bits per heavy atom. The van der Waals surface area contributed by atoms with Crippen LogP contribution in [-0.2, 0) is 4.79 Å². The zero-order chi connectivity index (χ0) is 18.1. The smallest absolute Gasteiger partial charge is 0.343 e. The highest BCUT2D eigenvalue weighted by atomic mass is 79.9. The first kappa shape index (κ1) is 18.7. The number of rotatable bonds is 8. The Bertz CT molecular complexity index is 722. The number of carbonyl (C=O) groups is 2. The van der Waals surface area contributed by atoms with Crippen molar-refractivity contribution >= 4 is 27.9 Å². The number of hydrogen-bond acceptors (Lipinski definition) is 5. The third-order valence-corrected chi connectivity index (χ3v) is 3.42. The van der Waals surface area contributed by atoms with Crippen LogP contribution in [0.4, 0.5) is 0 Å². The largest absolute Gasteiger partial charge is 0.490 e. The van der Waals surface area contributed by atoms with E-state index in [4.69, 9.17) is 14.2 Å². The third-order valence-electron chi connectivity index (χ3n) is 3.02. The van der Waals surface area contributed by atoms with Crippen LogP contribution in [0.2, 0.25) is 0 Å². The van der Waals surface area contributed by atoms with Crippen molar-refractivity contribution in [1.29, 1.82) is 0 Å². The van der Waals surface area contributed by atoms with Crippen molar-refractivity contribution in [3.63, 3.8) is 0 Å². The van der Waals surface area contributed by atoms with E-state index in [1.807, 2.05) is 0 Å². The summed E-state index contributed by atoms with van der Waals surface area (Å²) in [6.07, 6.45) is 1.92. The van der Waals surface area contributed by atoms with Crippen molar-refractivity contribution in [2.24, 2.45) is 0 Å². The molecule has 25 heavy (non-hydrogen) atoms. The van der Waals surface area contributed by atoms with Crippen molar-refractivity contribution in [3.05, 3.63) is 66.7 Å². The molecule has 5 nitrogen and oxygen atoms in total. The van der Waals surface area contributed by atoms with Crippen LogP contribution in [0.1, 0.15) is 16.8 Å². The minimum atomic E-state index is -0.487. The average molecular weight is 405 g/mol. The maximum atomic E-state index is 12.1. The molecule has 0 heterocycles. The number of alkyl halides is 1. The van der Waals surface area contributed by atoms with Gasteiger partial charge in [-0.2, -0.15) is 0 Å². The molecule has 0 aliphatic rings. The number of benzene rings is 2. The van der Waals surface area contributed by atoms with Crippen LogP contribution in [0.25, 0.3) is 0 Å². The van der Waals surface area contributed by atoms with E-state index in [9.17, 15) is 9.59 Å². The van der Waals surface area contributed by atoms with Crippen molar-refractivity contribution in [2.75, 3.05) is 11.9 Å². The van der Waals surface area contributed by atoms with Crippen LogP contribution >= 0.6 is 15.9 Å². The lowest BCUT2D eigenvalue weighted by Gasteiger charge is -2.07. The Kier molecular flexibility index (Phi) is 7.22. The fourth-order valence-electron chi connectivity index (χ4n) is 1.84. The van der Waals surface area contributed by atoms with Crippen LogP contribution in [0, 0.1) is 0 Å². The molecule has 0 atom stereocenters. The molecule has 2 aromatic carbocycles. The van der Waals surface area contributed by atoms with Crippen molar-refractivity contribution in [3.8, 4) is 17.2 Å². The second-order valence-corrected chi connectivity index (χ2v) is 5.69.